The number of H-pyrrole nitrogens is 1. The van der Waals surface area contributed by atoms with Crippen LogP contribution in [0.2, 0.25) is 0 Å². The fourth-order valence-corrected chi connectivity index (χ4v) is 4.13. The summed E-state index contributed by atoms with van der Waals surface area (Å²) in [5.41, 5.74) is 3.26. The van der Waals surface area contributed by atoms with Crippen LogP contribution in [0.15, 0.2) is 42.7 Å². The number of rotatable bonds is 5. The van der Waals surface area contributed by atoms with Gasteiger partial charge in [0.05, 0.1) is 43.1 Å². The zero-order valence-electron chi connectivity index (χ0n) is 17.5. The maximum Gasteiger partial charge on any atom is 0.336 e. The second kappa shape index (κ2) is 8.14. The number of nitrogens with zero attached hydrogens (tertiary/aromatic N) is 2. The summed E-state index contributed by atoms with van der Waals surface area (Å²) >= 11 is 0. The smallest absolute Gasteiger partial charge is 0.336 e. The van der Waals surface area contributed by atoms with Crippen molar-refractivity contribution in [1.82, 2.24) is 14.9 Å². The zero-order chi connectivity index (χ0) is 22.1. The van der Waals surface area contributed by atoms with Crippen LogP contribution in [0.4, 0.5) is 0 Å². The molecule has 0 radical (unpaired) electrons. The van der Waals surface area contributed by atoms with Crippen molar-refractivity contribution in [2.45, 2.75) is 19.4 Å². The predicted molar refractivity (Wildman–Crippen MR) is 113 cm³/mol. The first-order chi connectivity index (χ1) is 15.0. The molecule has 4 rings (SSSR count). The van der Waals surface area contributed by atoms with Crippen molar-refractivity contribution in [2.75, 3.05) is 20.8 Å². The standard InChI is InChI=1S/C23H23N3O5/c1-13-7-8-14(16(11-13)23(28)29)22(27)26-10-9-17-19(25-12-24-17)20(26)15-5-4-6-18(30-2)21(15)31-3/h4-8,11-12,20H,9-10H2,1-3H3,(H,24,25)(H,28,29). The number of carbonyl (C=O) groups excluding carboxylic acids is 1. The first-order valence-corrected chi connectivity index (χ1v) is 9.84. The fraction of sp³-hybridized carbons (Fsp3) is 0.261. The highest BCUT2D eigenvalue weighted by atomic mass is 16.5. The lowest BCUT2D eigenvalue weighted by molar-refractivity contribution is 0.0649. The summed E-state index contributed by atoms with van der Waals surface area (Å²) in [5, 5.41) is 9.67. The van der Waals surface area contributed by atoms with Gasteiger partial charge in [0.1, 0.15) is 6.04 Å². The summed E-state index contributed by atoms with van der Waals surface area (Å²) in [7, 11) is 3.10. The first-order valence-electron chi connectivity index (χ1n) is 9.84. The van der Waals surface area contributed by atoms with E-state index in [9.17, 15) is 14.7 Å². The second-order valence-corrected chi connectivity index (χ2v) is 7.35. The zero-order valence-corrected chi connectivity index (χ0v) is 17.5. The number of methoxy groups -OCH3 is 2. The van der Waals surface area contributed by atoms with E-state index in [1.54, 1.807) is 50.6 Å². The third kappa shape index (κ3) is 3.50. The van der Waals surface area contributed by atoms with Crippen LogP contribution in [0.3, 0.4) is 0 Å². The van der Waals surface area contributed by atoms with Gasteiger partial charge in [0.15, 0.2) is 11.5 Å². The Kier molecular flexibility index (Phi) is 5.37. The van der Waals surface area contributed by atoms with Gasteiger partial charge in [-0.1, -0.05) is 23.8 Å². The third-order valence-corrected chi connectivity index (χ3v) is 5.55. The number of benzene rings is 2. The molecule has 160 valence electrons. The summed E-state index contributed by atoms with van der Waals surface area (Å²) < 4.78 is 11.1. The number of para-hydroxylation sites is 1. The van der Waals surface area contributed by atoms with Gasteiger partial charge in [-0.25, -0.2) is 9.78 Å². The molecule has 2 heterocycles. The number of ether oxygens (including phenoxy) is 2. The van der Waals surface area contributed by atoms with Crippen molar-refractivity contribution in [2.24, 2.45) is 0 Å². The topological polar surface area (TPSA) is 105 Å². The molecule has 1 amide bonds. The van der Waals surface area contributed by atoms with E-state index in [-0.39, 0.29) is 17.0 Å². The third-order valence-electron chi connectivity index (χ3n) is 5.55. The van der Waals surface area contributed by atoms with Crippen LogP contribution < -0.4 is 9.47 Å². The van der Waals surface area contributed by atoms with Gasteiger partial charge in [-0.05, 0) is 25.1 Å². The second-order valence-electron chi connectivity index (χ2n) is 7.35. The van der Waals surface area contributed by atoms with Gasteiger partial charge in [0.25, 0.3) is 5.91 Å². The Hall–Kier alpha value is -3.81. The number of imidazole rings is 1. The van der Waals surface area contributed by atoms with Crippen molar-refractivity contribution < 1.29 is 24.2 Å². The number of carboxylic acid groups (broad SMARTS) is 1. The van der Waals surface area contributed by atoms with Crippen molar-refractivity contribution in [1.29, 1.82) is 0 Å². The molecule has 0 fully saturated rings. The number of hydrogen-bond donors (Lipinski definition) is 2. The number of carbonyl (C=O) groups is 2. The lowest BCUT2D eigenvalue weighted by Gasteiger charge is -2.36. The largest absolute Gasteiger partial charge is 0.493 e. The summed E-state index contributed by atoms with van der Waals surface area (Å²) in [4.78, 5) is 34.7. The number of aromatic nitrogens is 2. The lowest BCUT2D eigenvalue weighted by atomic mass is 9.93. The maximum absolute atomic E-state index is 13.7. The summed E-state index contributed by atoms with van der Waals surface area (Å²) in [6.07, 6.45) is 2.16. The van der Waals surface area contributed by atoms with Crippen molar-refractivity contribution >= 4 is 11.9 Å². The molecule has 1 unspecified atom stereocenters. The Morgan fingerprint density at radius 1 is 1.16 bits per heavy atom. The molecule has 8 heteroatoms. The lowest BCUT2D eigenvalue weighted by Crippen LogP contribution is -2.41. The number of nitrogens with one attached hydrogen (secondary N) is 1. The quantitative estimate of drug-likeness (QED) is 0.655. The van der Waals surface area contributed by atoms with E-state index in [4.69, 9.17) is 9.47 Å². The SMILES string of the molecule is COc1cccc(C2c3[nH]cnc3CCN2C(=O)c2ccc(C)cc2C(=O)O)c1OC. The highest BCUT2D eigenvalue weighted by Gasteiger charge is 2.37. The maximum atomic E-state index is 13.7. The van der Waals surface area contributed by atoms with E-state index < -0.39 is 12.0 Å². The normalized spacial score (nSPS) is 15.3. The minimum atomic E-state index is -1.14. The van der Waals surface area contributed by atoms with Gasteiger partial charge >= 0.3 is 5.97 Å². The van der Waals surface area contributed by atoms with Gasteiger partial charge in [-0.15, -0.1) is 0 Å². The molecule has 31 heavy (non-hydrogen) atoms. The highest BCUT2D eigenvalue weighted by Crippen LogP contribution is 2.42. The Morgan fingerprint density at radius 2 is 1.97 bits per heavy atom. The average molecular weight is 421 g/mol. The van der Waals surface area contributed by atoms with Crippen molar-refractivity contribution in [3.8, 4) is 11.5 Å². The summed E-state index contributed by atoms with van der Waals surface area (Å²) in [6.45, 7) is 2.18. The molecule has 0 bridgehead atoms. The first kappa shape index (κ1) is 20.5. The minimum absolute atomic E-state index is 0.0169. The summed E-state index contributed by atoms with van der Waals surface area (Å²) in [6, 6.07) is 9.78. The minimum Gasteiger partial charge on any atom is -0.493 e. The molecule has 0 aliphatic carbocycles. The molecular formula is C23H23N3O5. The van der Waals surface area contributed by atoms with Gasteiger partial charge in [0, 0.05) is 18.5 Å². The molecule has 1 aliphatic heterocycles. The van der Waals surface area contributed by atoms with E-state index >= 15 is 0 Å². The van der Waals surface area contributed by atoms with E-state index in [1.807, 2.05) is 12.1 Å². The predicted octanol–water partition coefficient (Wildman–Crippen LogP) is 3.22. The molecule has 0 saturated carbocycles. The number of aromatic carboxylic acids is 1. The molecule has 1 aliphatic rings. The molecule has 2 N–H and O–H groups in total. The van der Waals surface area contributed by atoms with E-state index in [2.05, 4.69) is 9.97 Å². The van der Waals surface area contributed by atoms with Gasteiger partial charge in [-0.3, -0.25) is 4.79 Å². The Labute approximate surface area is 179 Å². The number of amides is 1. The monoisotopic (exact) mass is 421 g/mol. The van der Waals surface area contributed by atoms with Crippen LogP contribution in [0.1, 0.15) is 49.3 Å². The summed E-state index contributed by atoms with van der Waals surface area (Å²) in [5.74, 6) is -0.451. The van der Waals surface area contributed by atoms with Crippen LogP contribution in [0, 0.1) is 6.92 Å². The van der Waals surface area contributed by atoms with Gasteiger partial charge < -0.3 is 24.5 Å². The van der Waals surface area contributed by atoms with E-state index in [0.29, 0.717) is 24.5 Å². The van der Waals surface area contributed by atoms with Crippen LogP contribution >= 0.6 is 0 Å². The van der Waals surface area contributed by atoms with Crippen LogP contribution in [-0.4, -0.2) is 52.6 Å². The molecular weight excluding hydrogens is 398 g/mol. The highest BCUT2D eigenvalue weighted by molar-refractivity contribution is 6.05. The fourth-order valence-electron chi connectivity index (χ4n) is 4.13. The van der Waals surface area contributed by atoms with E-state index in [1.165, 1.54) is 6.07 Å². The number of aromatic amines is 1. The van der Waals surface area contributed by atoms with Gasteiger partial charge in [-0.2, -0.15) is 0 Å². The average Bonchev–Trinajstić information content (AvgIpc) is 3.26. The van der Waals surface area contributed by atoms with Crippen LogP contribution in [0.25, 0.3) is 0 Å². The van der Waals surface area contributed by atoms with Gasteiger partial charge in [0.2, 0.25) is 0 Å². The Balaban J connectivity index is 1.87. The molecule has 2 aromatic carbocycles. The number of aryl methyl sites for hydroxylation is 1. The molecule has 3 aromatic rings. The van der Waals surface area contributed by atoms with Crippen molar-refractivity contribution in [3.05, 3.63) is 76.4 Å². The number of carboxylic acids is 1. The molecule has 0 saturated heterocycles. The van der Waals surface area contributed by atoms with Crippen LogP contribution in [0.5, 0.6) is 11.5 Å². The Morgan fingerprint density at radius 3 is 2.68 bits per heavy atom. The molecule has 1 atom stereocenters. The van der Waals surface area contributed by atoms with E-state index in [0.717, 1.165) is 22.5 Å². The Bertz CT molecular complexity index is 1150. The van der Waals surface area contributed by atoms with Crippen LogP contribution in [-0.2, 0) is 6.42 Å². The van der Waals surface area contributed by atoms with Crippen molar-refractivity contribution in [3.63, 3.8) is 0 Å². The number of hydrogen-bond acceptors (Lipinski definition) is 5. The molecule has 1 aromatic heterocycles. The number of fused-ring (bicyclic) bond motifs is 1. The molecule has 8 nitrogen and oxygen atoms in total. The molecule has 0 spiro atoms.